The SMILES string of the molecule is C[C@H](C[C@@H](O)[C@@H]1OC1(C)C)[C@@H]1CC[C@]2(C)C3=C(CC[C@@]12C)[C@@]1(C)CCC(=O)C(C)(C)[C@@H]1C[C@H]3O. The van der Waals surface area contributed by atoms with Crippen molar-refractivity contribution in [3.8, 4) is 0 Å². The van der Waals surface area contributed by atoms with Crippen LogP contribution >= 0.6 is 0 Å². The second-order valence-corrected chi connectivity index (χ2v) is 14.6. The van der Waals surface area contributed by atoms with Crippen LogP contribution in [0.1, 0.15) is 107 Å². The molecule has 0 bridgehead atoms. The topological polar surface area (TPSA) is 70.1 Å². The molecule has 0 radical (unpaired) electrons. The molecule has 9 atom stereocenters. The minimum atomic E-state index is -0.441. The summed E-state index contributed by atoms with van der Waals surface area (Å²) >= 11 is 0. The number of aliphatic hydroxyl groups excluding tert-OH is 2. The molecule has 0 amide bonds. The lowest BCUT2D eigenvalue weighted by atomic mass is 9.43. The zero-order chi connectivity index (χ0) is 25.1. The van der Waals surface area contributed by atoms with E-state index in [2.05, 4.69) is 55.4 Å². The summed E-state index contributed by atoms with van der Waals surface area (Å²) in [5.41, 5.74) is 2.41. The maximum Gasteiger partial charge on any atom is 0.138 e. The van der Waals surface area contributed by atoms with Gasteiger partial charge in [-0.15, -0.1) is 0 Å². The van der Waals surface area contributed by atoms with Gasteiger partial charge in [0.15, 0.2) is 0 Å². The average molecular weight is 473 g/mol. The van der Waals surface area contributed by atoms with E-state index in [-0.39, 0.29) is 39.3 Å². The highest BCUT2D eigenvalue weighted by atomic mass is 16.6. The van der Waals surface area contributed by atoms with Gasteiger partial charge in [0, 0.05) is 11.8 Å². The van der Waals surface area contributed by atoms with Crippen LogP contribution in [-0.4, -0.2) is 39.9 Å². The van der Waals surface area contributed by atoms with E-state index in [0.717, 1.165) is 38.5 Å². The van der Waals surface area contributed by atoms with Crippen molar-refractivity contribution in [3.05, 3.63) is 11.1 Å². The van der Waals surface area contributed by atoms with Gasteiger partial charge in [-0.2, -0.15) is 0 Å². The first-order chi connectivity index (χ1) is 15.6. The summed E-state index contributed by atoms with van der Waals surface area (Å²) in [6.07, 6.45) is 6.67. The van der Waals surface area contributed by atoms with Crippen molar-refractivity contribution in [2.24, 2.45) is 39.4 Å². The summed E-state index contributed by atoms with van der Waals surface area (Å²) in [5, 5.41) is 22.5. The van der Waals surface area contributed by atoms with Gasteiger partial charge >= 0.3 is 0 Å². The molecule has 1 heterocycles. The zero-order valence-electron chi connectivity index (χ0n) is 22.8. The van der Waals surface area contributed by atoms with Gasteiger partial charge in [-0.3, -0.25) is 4.79 Å². The molecule has 2 N–H and O–H groups in total. The number of hydrogen-bond donors (Lipinski definition) is 2. The average Bonchev–Trinajstić information content (AvgIpc) is 3.28. The number of aliphatic hydroxyl groups is 2. The number of allylic oxidation sites excluding steroid dienone is 1. The molecule has 4 aliphatic carbocycles. The van der Waals surface area contributed by atoms with Gasteiger partial charge in [0.25, 0.3) is 0 Å². The molecule has 4 nitrogen and oxygen atoms in total. The molecule has 3 fully saturated rings. The van der Waals surface area contributed by atoms with Crippen molar-refractivity contribution in [1.29, 1.82) is 0 Å². The maximum absolute atomic E-state index is 12.8. The van der Waals surface area contributed by atoms with Crippen molar-refractivity contribution in [1.82, 2.24) is 0 Å². The number of carbonyl (C=O) groups is 1. The van der Waals surface area contributed by atoms with Crippen LogP contribution in [0.5, 0.6) is 0 Å². The predicted molar refractivity (Wildman–Crippen MR) is 134 cm³/mol. The molecular formula is C30H48O4. The summed E-state index contributed by atoms with van der Waals surface area (Å²) in [7, 11) is 0. The van der Waals surface area contributed by atoms with Crippen LogP contribution in [0.3, 0.4) is 0 Å². The van der Waals surface area contributed by atoms with Crippen LogP contribution in [0.4, 0.5) is 0 Å². The summed E-state index contributed by atoms with van der Waals surface area (Å²) in [6.45, 7) is 18.0. The smallest absolute Gasteiger partial charge is 0.138 e. The van der Waals surface area contributed by atoms with Gasteiger partial charge in [0.05, 0.1) is 17.8 Å². The van der Waals surface area contributed by atoms with Crippen molar-refractivity contribution >= 4 is 5.78 Å². The Morgan fingerprint density at radius 2 is 1.68 bits per heavy atom. The molecule has 5 rings (SSSR count). The monoisotopic (exact) mass is 472 g/mol. The molecule has 0 spiro atoms. The van der Waals surface area contributed by atoms with Gasteiger partial charge in [-0.05, 0) is 98.4 Å². The molecule has 4 heteroatoms. The fourth-order valence-electron chi connectivity index (χ4n) is 9.91. The van der Waals surface area contributed by atoms with E-state index in [0.29, 0.717) is 30.5 Å². The molecule has 2 saturated carbocycles. The highest BCUT2D eigenvalue weighted by Gasteiger charge is 2.65. The van der Waals surface area contributed by atoms with Crippen LogP contribution in [0.15, 0.2) is 11.1 Å². The number of ketones is 1. The Balaban J connectivity index is 1.46. The van der Waals surface area contributed by atoms with Crippen LogP contribution < -0.4 is 0 Å². The van der Waals surface area contributed by atoms with Gasteiger partial charge in [0.2, 0.25) is 0 Å². The number of ether oxygens (including phenoxy) is 1. The molecule has 5 aliphatic rings. The van der Waals surface area contributed by atoms with Gasteiger partial charge in [-0.25, -0.2) is 0 Å². The third-order valence-electron chi connectivity index (χ3n) is 12.3. The van der Waals surface area contributed by atoms with Crippen LogP contribution in [-0.2, 0) is 9.53 Å². The Morgan fingerprint density at radius 3 is 2.29 bits per heavy atom. The fraction of sp³-hybridized carbons (Fsp3) is 0.900. The Morgan fingerprint density at radius 1 is 1.03 bits per heavy atom. The standard InChI is InChI=1S/C30H48O4/c1-17(15-21(32)25-27(4,5)34-25)18-9-14-30(8)24-19(10-13-29(18,30)7)28(6)12-11-23(33)26(2,3)22(28)16-20(24)31/h17-18,20-22,25,31-32H,9-16H2,1-8H3/t17-,18+,20-,21-,22+,25+,28-,29+,30-/m1/s1. The first-order valence-corrected chi connectivity index (χ1v) is 13.9. The lowest BCUT2D eigenvalue weighted by Gasteiger charge is -2.61. The van der Waals surface area contributed by atoms with Crippen molar-refractivity contribution < 1.29 is 19.7 Å². The Labute approximate surface area is 206 Å². The molecule has 1 aliphatic heterocycles. The molecule has 1 saturated heterocycles. The second-order valence-electron chi connectivity index (χ2n) is 14.6. The number of hydrogen-bond acceptors (Lipinski definition) is 4. The van der Waals surface area contributed by atoms with Crippen LogP contribution in [0.2, 0.25) is 0 Å². The van der Waals surface area contributed by atoms with E-state index in [9.17, 15) is 15.0 Å². The predicted octanol–water partition coefficient (Wildman–Crippen LogP) is 5.84. The number of rotatable bonds is 4. The lowest BCUT2D eigenvalue weighted by molar-refractivity contribution is -0.141. The van der Waals surface area contributed by atoms with E-state index >= 15 is 0 Å². The molecule has 0 aromatic carbocycles. The molecule has 0 unspecified atom stereocenters. The molecule has 192 valence electrons. The number of Topliss-reactive ketones (excluding diaryl/α,β-unsaturated/α-hetero) is 1. The summed E-state index contributed by atoms with van der Waals surface area (Å²) in [4.78, 5) is 12.8. The van der Waals surface area contributed by atoms with Crippen LogP contribution in [0, 0.1) is 39.4 Å². The normalized spacial score (nSPS) is 48.6. The second kappa shape index (κ2) is 7.42. The van der Waals surface area contributed by atoms with Gasteiger partial charge in [-0.1, -0.05) is 47.1 Å². The van der Waals surface area contributed by atoms with E-state index in [4.69, 9.17) is 4.74 Å². The summed E-state index contributed by atoms with van der Waals surface area (Å²) < 4.78 is 5.74. The highest BCUT2D eigenvalue weighted by molar-refractivity contribution is 5.85. The van der Waals surface area contributed by atoms with Gasteiger partial charge in [0.1, 0.15) is 11.9 Å². The number of fused-ring (bicyclic) bond motifs is 4. The van der Waals surface area contributed by atoms with E-state index in [1.165, 1.54) is 11.1 Å². The first kappa shape index (κ1) is 25.0. The maximum atomic E-state index is 12.8. The molecular weight excluding hydrogens is 424 g/mol. The molecule has 0 aromatic rings. The van der Waals surface area contributed by atoms with Crippen molar-refractivity contribution in [2.45, 2.75) is 131 Å². The molecule has 34 heavy (non-hydrogen) atoms. The highest BCUT2D eigenvalue weighted by Crippen LogP contribution is 2.72. The molecule has 0 aromatic heterocycles. The van der Waals surface area contributed by atoms with Crippen molar-refractivity contribution in [2.75, 3.05) is 0 Å². The fourth-order valence-corrected chi connectivity index (χ4v) is 9.91. The Hall–Kier alpha value is -0.710. The quantitative estimate of drug-likeness (QED) is 0.398. The summed E-state index contributed by atoms with van der Waals surface area (Å²) in [5.74, 6) is 1.54. The third-order valence-corrected chi connectivity index (χ3v) is 12.3. The third kappa shape index (κ3) is 3.16. The number of epoxide rings is 1. The first-order valence-electron chi connectivity index (χ1n) is 13.9. The Bertz CT molecular complexity index is 917. The van der Waals surface area contributed by atoms with E-state index in [1.807, 2.05) is 0 Å². The summed E-state index contributed by atoms with van der Waals surface area (Å²) in [6, 6.07) is 0. The number of carbonyl (C=O) groups excluding carboxylic acids is 1. The minimum absolute atomic E-state index is 0.0151. The van der Waals surface area contributed by atoms with E-state index < -0.39 is 12.2 Å². The zero-order valence-corrected chi connectivity index (χ0v) is 22.8. The Kier molecular flexibility index (Phi) is 5.44. The lowest BCUT2D eigenvalue weighted by Crippen LogP contribution is -2.57. The van der Waals surface area contributed by atoms with Crippen LogP contribution in [0.25, 0.3) is 0 Å². The minimum Gasteiger partial charge on any atom is -0.390 e. The van der Waals surface area contributed by atoms with Crippen molar-refractivity contribution in [3.63, 3.8) is 0 Å². The largest absolute Gasteiger partial charge is 0.390 e. The van der Waals surface area contributed by atoms with E-state index in [1.54, 1.807) is 0 Å². The van der Waals surface area contributed by atoms with Gasteiger partial charge < -0.3 is 14.9 Å².